The second-order valence-electron chi connectivity index (χ2n) is 6.32. The Kier molecular flexibility index (Phi) is 6.84. The first kappa shape index (κ1) is 20.5. The molecule has 0 fully saturated rings. The van der Waals surface area contributed by atoms with Gasteiger partial charge in [-0.1, -0.05) is 59.1 Å². The standard InChI is InChI=1S/C22H19Cl3N2O/c1-2-11-27(22(28)16-9-10-20(24)21(25)13-16)15-18-7-5-12-26(18)14-17-6-3-4-8-19(17)23/h2-10,12-13H,1,11,14-15H2. The van der Waals surface area contributed by atoms with Crippen LogP contribution in [0.5, 0.6) is 0 Å². The number of hydrogen-bond donors (Lipinski definition) is 0. The number of carbonyl (C=O) groups excluding carboxylic acids is 1. The van der Waals surface area contributed by atoms with Gasteiger partial charge in [-0.05, 0) is 42.0 Å². The fourth-order valence-corrected chi connectivity index (χ4v) is 3.43. The molecule has 2 aromatic carbocycles. The lowest BCUT2D eigenvalue weighted by molar-refractivity contribution is 0.0759. The molecule has 0 saturated carbocycles. The van der Waals surface area contributed by atoms with E-state index in [0.29, 0.717) is 35.2 Å². The molecule has 3 nitrogen and oxygen atoms in total. The molecule has 0 aliphatic rings. The van der Waals surface area contributed by atoms with E-state index in [2.05, 4.69) is 11.1 Å². The van der Waals surface area contributed by atoms with Gasteiger partial charge in [0.1, 0.15) is 0 Å². The van der Waals surface area contributed by atoms with Crippen molar-refractivity contribution in [3.8, 4) is 0 Å². The van der Waals surface area contributed by atoms with Crippen LogP contribution < -0.4 is 0 Å². The Morgan fingerprint density at radius 2 is 1.79 bits per heavy atom. The number of rotatable bonds is 7. The maximum atomic E-state index is 13.0. The molecule has 6 heteroatoms. The van der Waals surface area contributed by atoms with Crippen LogP contribution in [-0.4, -0.2) is 21.9 Å². The van der Waals surface area contributed by atoms with Gasteiger partial charge in [0.05, 0.1) is 16.6 Å². The van der Waals surface area contributed by atoms with E-state index < -0.39 is 0 Å². The van der Waals surface area contributed by atoms with Gasteiger partial charge in [0.2, 0.25) is 0 Å². The van der Waals surface area contributed by atoms with Gasteiger partial charge in [-0.15, -0.1) is 6.58 Å². The first-order valence-electron chi connectivity index (χ1n) is 8.72. The highest BCUT2D eigenvalue weighted by molar-refractivity contribution is 6.42. The topological polar surface area (TPSA) is 25.2 Å². The Bertz CT molecular complexity index is 997. The molecule has 0 aliphatic carbocycles. The number of carbonyl (C=O) groups is 1. The summed E-state index contributed by atoms with van der Waals surface area (Å²) >= 11 is 18.3. The molecule has 0 atom stereocenters. The minimum absolute atomic E-state index is 0.135. The number of aromatic nitrogens is 1. The molecule has 0 N–H and O–H groups in total. The molecule has 0 spiro atoms. The van der Waals surface area contributed by atoms with Crippen LogP contribution in [0.15, 0.2) is 73.4 Å². The molecule has 0 unspecified atom stereocenters. The number of benzene rings is 2. The first-order chi connectivity index (χ1) is 13.5. The van der Waals surface area contributed by atoms with Crippen molar-refractivity contribution < 1.29 is 4.79 Å². The minimum atomic E-state index is -0.135. The molecular weight excluding hydrogens is 415 g/mol. The summed E-state index contributed by atoms with van der Waals surface area (Å²) in [5.74, 6) is -0.135. The number of hydrogen-bond acceptors (Lipinski definition) is 1. The Morgan fingerprint density at radius 1 is 1.00 bits per heavy atom. The van der Waals surface area contributed by atoms with Gasteiger partial charge in [0.25, 0.3) is 5.91 Å². The maximum absolute atomic E-state index is 13.0. The average Bonchev–Trinajstić information content (AvgIpc) is 3.11. The van der Waals surface area contributed by atoms with Crippen molar-refractivity contribution in [2.45, 2.75) is 13.1 Å². The number of amides is 1. The predicted octanol–water partition coefficient (Wildman–Crippen LogP) is 6.33. The van der Waals surface area contributed by atoms with Crippen molar-refractivity contribution in [1.82, 2.24) is 9.47 Å². The monoisotopic (exact) mass is 432 g/mol. The molecular formula is C22H19Cl3N2O. The molecule has 28 heavy (non-hydrogen) atoms. The summed E-state index contributed by atoms with van der Waals surface area (Å²) < 4.78 is 2.08. The van der Waals surface area contributed by atoms with E-state index in [0.717, 1.165) is 16.3 Å². The summed E-state index contributed by atoms with van der Waals surface area (Å²) in [6, 6.07) is 16.6. The lowest BCUT2D eigenvalue weighted by Crippen LogP contribution is -2.31. The van der Waals surface area contributed by atoms with Crippen LogP contribution in [0, 0.1) is 0 Å². The summed E-state index contributed by atoms with van der Waals surface area (Å²) in [5.41, 5.74) is 2.50. The van der Waals surface area contributed by atoms with E-state index in [-0.39, 0.29) is 5.91 Å². The molecule has 0 saturated heterocycles. The number of nitrogens with zero attached hydrogens (tertiary/aromatic N) is 2. The fraction of sp³-hybridized carbons (Fsp3) is 0.136. The summed E-state index contributed by atoms with van der Waals surface area (Å²) in [6.07, 6.45) is 3.69. The average molecular weight is 434 g/mol. The fourth-order valence-electron chi connectivity index (χ4n) is 2.94. The van der Waals surface area contributed by atoms with Crippen LogP contribution in [-0.2, 0) is 13.1 Å². The highest BCUT2D eigenvalue weighted by Crippen LogP contribution is 2.24. The quantitative estimate of drug-likeness (QED) is 0.400. The van der Waals surface area contributed by atoms with Gasteiger partial charge < -0.3 is 9.47 Å². The van der Waals surface area contributed by atoms with E-state index in [1.807, 2.05) is 42.6 Å². The zero-order valence-electron chi connectivity index (χ0n) is 15.1. The SMILES string of the molecule is C=CCN(Cc1cccn1Cc1ccccc1Cl)C(=O)c1ccc(Cl)c(Cl)c1. The van der Waals surface area contributed by atoms with Gasteiger partial charge in [-0.2, -0.15) is 0 Å². The van der Waals surface area contributed by atoms with Crippen LogP contribution in [0.3, 0.4) is 0 Å². The minimum Gasteiger partial charge on any atom is -0.345 e. The molecule has 0 radical (unpaired) electrons. The highest BCUT2D eigenvalue weighted by atomic mass is 35.5. The van der Waals surface area contributed by atoms with E-state index in [1.165, 1.54) is 0 Å². The third kappa shape index (κ3) is 4.79. The van der Waals surface area contributed by atoms with Gasteiger partial charge in [-0.25, -0.2) is 0 Å². The van der Waals surface area contributed by atoms with Crippen molar-refractivity contribution in [2.75, 3.05) is 6.54 Å². The molecule has 1 aromatic heterocycles. The maximum Gasteiger partial charge on any atom is 0.254 e. The third-order valence-corrected chi connectivity index (χ3v) is 5.49. The molecule has 3 aromatic rings. The van der Waals surface area contributed by atoms with E-state index in [4.69, 9.17) is 34.8 Å². The van der Waals surface area contributed by atoms with Crippen molar-refractivity contribution in [3.05, 3.63) is 105 Å². The van der Waals surface area contributed by atoms with Gasteiger partial charge >= 0.3 is 0 Å². The molecule has 3 rings (SSSR count). The molecule has 1 amide bonds. The van der Waals surface area contributed by atoms with E-state index in [9.17, 15) is 4.79 Å². The molecule has 0 aliphatic heterocycles. The number of halogens is 3. The zero-order valence-corrected chi connectivity index (χ0v) is 17.4. The third-order valence-electron chi connectivity index (χ3n) is 4.38. The van der Waals surface area contributed by atoms with Gasteiger partial charge in [0, 0.05) is 35.6 Å². The second-order valence-corrected chi connectivity index (χ2v) is 7.54. The molecule has 144 valence electrons. The summed E-state index contributed by atoms with van der Waals surface area (Å²) in [7, 11) is 0. The Morgan fingerprint density at radius 3 is 2.50 bits per heavy atom. The van der Waals surface area contributed by atoms with Crippen molar-refractivity contribution in [3.63, 3.8) is 0 Å². The van der Waals surface area contributed by atoms with Gasteiger partial charge in [-0.3, -0.25) is 4.79 Å². The lowest BCUT2D eigenvalue weighted by atomic mass is 10.2. The Labute approximate surface area is 179 Å². The highest BCUT2D eigenvalue weighted by Gasteiger charge is 2.18. The van der Waals surface area contributed by atoms with Crippen LogP contribution in [0.2, 0.25) is 15.1 Å². The first-order valence-corrected chi connectivity index (χ1v) is 9.85. The van der Waals surface area contributed by atoms with Crippen LogP contribution in [0.1, 0.15) is 21.6 Å². The normalized spacial score (nSPS) is 10.7. The smallest absolute Gasteiger partial charge is 0.254 e. The van der Waals surface area contributed by atoms with Gasteiger partial charge in [0.15, 0.2) is 0 Å². The predicted molar refractivity (Wildman–Crippen MR) is 116 cm³/mol. The lowest BCUT2D eigenvalue weighted by Gasteiger charge is -2.22. The summed E-state index contributed by atoms with van der Waals surface area (Å²) in [6.45, 7) is 5.25. The summed E-state index contributed by atoms with van der Waals surface area (Å²) in [5, 5.41) is 1.49. The van der Waals surface area contributed by atoms with E-state index >= 15 is 0 Å². The van der Waals surface area contributed by atoms with E-state index in [1.54, 1.807) is 29.2 Å². The van der Waals surface area contributed by atoms with Crippen molar-refractivity contribution in [2.24, 2.45) is 0 Å². The molecule has 0 bridgehead atoms. The van der Waals surface area contributed by atoms with Crippen LogP contribution in [0.25, 0.3) is 0 Å². The Balaban J connectivity index is 1.82. The summed E-state index contributed by atoms with van der Waals surface area (Å²) in [4.78, 5) is 14.7. The Hall–Kier alpha value is -2.20. The van der Waals surface area contributed by atoms with Crippen LogP contribution >= 0.6 is 34.8 Å². The van der Waals surface area contributed by atoms with Crippen molar-refractivity contribution in [1.29, 1.82) is 0 Å². The molecule has 1 heterocycles. The largest absolute Gasteiger partial charge is 0.345 e. The van der Waals surface area contributed by atoms with Crippen molar-refractivity contribution >= 4 is 40.7 Å². The zero-order chi connectivity index (χ0) is 20.1. The second kappa shape index (κ2) is 9.33. The van der Waals surface area contributed by atoms with Crippen LogP contribution in [0.4, 0.5) is 0 Å².